The largest absolute Gasteiger partial charge is 0.491 e. The summed E-state index contributed by atoms with van der Waals surface area (Å²) < 4.78 is 6.70. The normalized spacial score (nSPS) is 10.5. The smallest absolute Gasteiger partial charge is 0.144 e. The van der Waals surface area contributed by atoms with Crippen LogP contribution in [0.2, 0.25) is 0 Å². The molecule has 0 radical (unpaired) electrons. The molecule has 0 bridgehead atoms. The molecule has 0 unspecified atom stereocenters. The predicted octanol–water partition coefficient (Wildman–Crippen LogP) is 3.91. The van der Waals surface area contributed by atoms with Crippen LogP contribution >= 0.6 is 15.9 Å². The summed E-state index contributed by atoms with van der Waals surface area (Å²) >= 11 is 3.48. The number of halogens is 1. The molecule has 21 heavy (non-hydrogen) atoms. The van der Waals surface area contributed by atoms with Gasteiger partial charge in [0.05, 0.1) is 16.7 Å². The van der Waals surface area contributed by atoms with Gasteiger partial charge in [-0.3, -0.25) is 0 Å². The molecule has 0 spiro atoms. The summed E-state index contributed by atoms with van der Waals surface area (Å²) in [5.41, 5.74) is 3.42. The molecular weight excluding hydrogens is 330 g/mol. The Morgan fingerprint density at radius 1 is 1.24 bits per heavy atom. The Kier molecular flexibility index (Phi) is 5.56. The molecule has 4 nitrogen and oxygen atoms in total. The van der Waals surface area contributed by atoms with Crippen molar-refractivity contribution in [3.05, 3.63) is 45.8 Å². The Hall–Kier alpha value is -1.62. The van der Waals surface area contributed by atoms with Crippen molar-refractivity contribution in [2.45, 2.75) is 27.2 Å². The first-order valence-electron chi connectivity index (χ1n) is 7.05. The molecule has 0 fully saturated rings. The summed E-state index contributed by atoms with van der Waals surface area (Å²) in [6, 6.07) is 6.33. The predicted molar refractivity (Wildman–Crippen MR) is 89.0 cm³/mol. The Labute approximate surface area is 134 Å². The highest BCUT2D eigenvalue weighted by molar-refractivity contribution is 9.10. The van der Waals surface area contributed by atoms with Gasteiger partial charge in [0.25, 0.3) is 0 Å². The van der Waals surface area contributed by atoms with Crippen LogP contribution in [0.4, 0.5) is 5.82 Å². The zero-order valence-electron chi connectivity index (χ0n) is 12.6. The summed E-state index contributed by atoms with van der Waals surface area (Å²) in [6.07, 6.45) is 2.60. The molecule has 0 saturated heterocycles. The summed E-state index contributed by atoms with van der Waals surface area (Å²) in [6.45, 7) is 7.44. The number of nitrogens with zero attached hydrogens (tertiary/aromatic N) is 2. The molecule has 1 aromatic heterocycles. The Morgan fingerprint density at radius 2 is 2.05 bits per heavy atom. The van der Waals surface area contributed by atoms with Gasteiger partial charge >= 0.3 is 0 Å². The van der Waals surface area contributed by atoms with E-state index in [-0.39, 0.29) is 0 Å². The van der Waals surface area contributed by atoms with Crippen molar-refractivity contribution in [1.82, 2.24) is 9.97 Å². The molecular formula is C16H20BrN3O. The lowest BCUT2D eigenvalue weighted by Crippen LogP contribution is -2.13. The highest BCUT2D eigenvalue weighted by Gasteiger charge is 2.05. The van der Waals surface area contributed by atoms with Crippen LogP contribution in [0.25, 0.3) is 0 Å². The number of aryl methyl sites for hydroxylation is 3. The minimum atomic E-state index is 0.585. The lowest BCUT2D eigenvalue weighted by Gasteiger charge is -2.12. The maximum absolute atomic E-state index is 5.81. The quantitative estimate of drug-likeness (QED) is 0.803. The van der Waals surface area contributed by atoms with Crippen molar-refractivity contribution in [2.24, 2.45) is 0 Å². The standard InChI is InChI=1S/C16H20BrN3O/c1-4-13-5-6-14(11(2)9-13)21-8-7-18-16-15(17)12(3)19-10-20-16/h5-6,9-10H,4,7-8H2,1-3H3,(H,18,19,20). The number of hydrogen-bond acceptors (Lipinski definition) is 4. The average Bonchev–Trinajstić information content (AvgIpc) is 2.49. The monoisotopic (exact) mass is 349 g/mol. The third-order valence-electron chi connectivity index (χ3n) is 3.26. The maximum Gasteiger partial charge on any atom is 0.144 e. The van der Waals surface area contributed by atoms with E-state index in [0.29, 0.717) is 13.2 Å². The Bertz CT molecular complexity index is 616. The topological polar surface area (TPSA) is 47.0 Å². The van der Waals surface area contributed by atoms with Crippen molar-refractivity contribution in [3.63, 3.8) is 0 Å². The highest BCUT2D eigenvalue weighted by atomic mass is 79.9. The van der Waals surface area contributed by atoms with Crippen LogP contribution < -0.4 is 10.1 Å². The molecule has 2 rings (SSSR count). The average molecular weight is 350 g/mol. The van der Waals surface area contributed by atoms with Gasteiger partial charge in [-0.1, -0.05) is 19.1 Å². The van der Waals surface area contributed by atoms with E-state index in [1.807, 2.05) is 13.0 Å². The molecule has 1 aromatic carbocycles. The zero-order valence-corrected chi connectivity index (χ0v) is 14.2. The minimum Gasteiger partial charge on any atom is -0.491 e. The number of anilines is 1. The van der Waals surface area contributed by atoms with Crippen LogP contribution in [0.1, 0.15) is 23.7 Å². The molecule has 1 heterocycles. The molecule has 112 valence electrons. The number of aromatic nitrogens is 2. The van der Waals surface area contributed by atoms with Crippen LogP contribution in [0.5, 0.6) is 5.75 Å². The number of ether oxygens (including phenoxy) is 1. The minimum absolute atomic E-state index is 0.585. The lowest BCUT2D eigenvalue weighted by atomic mass is 10.1. The van der Waals surface area contributed by atoms with Crippen molar-refractivity contribution in [3.8, 4) is 5.75 Å². The van der Waals surface area contributed by atoms with E-state index < -0.39 is 0 Å². The molecule has 1 N–H and O–H groups in total. The molecule has 0 aliphatic carbocycles. The van der Waals surface area contributed by atoms with E-state index in [1.54, 1.807) is 6.33 Å². The lowest BCUT2D eigenvalue weighted by molar-refractivity contribution is 0.330. The molecule has 0 amide bonds. The van der Waals surface area contributed by atoms with Gasteiger partial charge in [-0.15, -0.1) is 0 Å². The molecule has 0 atom stereocenters. The van der Waals surface area contributed by atoms with Crippen molar-refractivity contribution in [1.29, 1.82) is 0 Å². The van der Waals surface area contributed by atoms with Gasteiger partial charge in [0, 0.05) is 0 Å². The summed E-state index contributed by atoms with van der Waals surface area (Å²) in [5, 5.41) is 3.24. The molecule has 5 heteroatoms. The van der Waals surface area contributed by atoms with Gasteiger partial charge in [-0.2, -0.15) is 0 Å². The summed E-state index contributed by atoms with van der Waals surface area (Å²) in [4.78, 5) is 8.31. The first-order valence-corrected chi connectivity index (χ1v) is 7.84. The summed E-state index contributed by atoms with van der Waals surface area (Å²) in [7, 11) is 0. The van der Waals surface area contributed by atoms with E-state index in [0.717, 1.165) is 28.2 Å². The van der Waals surface area contributed by atoms with Crippen LogP contribution in [0.15, 0.2) is 29.0 Å². The molecule has 0 aliphatic rings. The number of rotatable bonds is 6. The van der Waals surface area contributed by atoms with E-state index in [4.69, 9.17) is 4.74 Å². The van der Waals surface area contributed by atoms with E-state index in [9.17, 15) is 0 Å². The summed E-state index contributed by atoms with van der Waals surface area (Å²) in [5.74, 6) is 1.73. The van der Waals surface area contributed by atoms with Gasteiger partial charge in [0.1, 0.15) is 24.5 Å². The fraction of sp³-hybridized carbons (Fsp3) is 0.375. The highest BCUT2D eigenvalue weighted by Crippen LogP contribution is 2.22. The van der Waals surface area contributed by atoms with Crippen LogP contribution in [0.3, 0.4) is 0 Å². The number of benzene rings is 1. The zero-order chi connectivity index (χ0) is 15.2. The van der Waals surface area contributed by atoms with Crippen molar-refractivity contribution < 1.29 is 4.74 Å². The van der Waals surface area contributed by atoms with E-state index >= 15 is 0 Å². The SMILES string of the molecule is CCc1ccc(OCCNc2ncnc(C)c2Br)c(C)c1. The van der Waals surface area contributed by atoms with Crippen LogP contribution in [-0.2, 0) is 6.42 Å². The first kappa shape index (κ1) is 15.8. The third kappa shape index (κ3) is 4.17. The van der Waals surface area contributed by atoms with Gasteiger partial charge < -0.3 is 10.1 Å². The second-order valence-corrected chi connectivity index (χ2v) is 5.64. The molecule has 0 saturated carbocycles. The van der Waals surface area contributed by atoms with Gasteiger partial charge in [0.15, 0.2) is 0 Å². The number of nitrogens with one attached hydrogen (secondary N) is 1. The van der Waals surface area contributed by atoms with Gasteiger partial charge in [-0.25, -0.2) is 9.97 Å². The first-order chi connectivity index (χ1) is 10.1. The van der Waals surface area contributed by atoms with Crippen LogP contribution in [-0.4, -0.2) is 23.1 Å². The van der Waals surface area contributed by atoms with Crippen molar-refractivity contribution in [2.75, 3.05) is 18.5 Å². The Morgan fingerprint density at radius 3 is 2.76 bits per heavy atom. The molecule has 2 aromatic rings. The van der Waals surface area contributed by atoms with Gasteiger partial charge in [0.2, 0.25) is 0 Å². The Balaban J connectivity index is 1.86. The van der Waals surface area contributed by atoms with E-state index in [2.05, 4.69) is 57.2 Å². The van der Waals surface area contributed by atoms with Crippen molar-refractivity contribution >= 4 is 21.7 Å². The van der Waals surface area contributed by atoms with E-state index in [1.165, 1.54) is 11.1 Å². The third-order valence-corrected chi connectivity index (χ3v) is 4.21. The fourth-order valence-electron chi connectivity index (χ4n) is 2.00. The second-order valence-electron chi connectivity index (χ2n) is 4.85. The number of hydrogen-bond donors (Lipinski definition) is 1. The maximum atomic E-state index is 5.81. The van der Waals surface area contributed by atoms with Gasteiger partial charge in [-0.05, 0) is 53.4 Å². The fourth-order valence-corrected chi connectivity index (χ4v) is 2.35. The van der Waals surface area contributed by atoms with Crippen LogP contribution in [0, 0.1) is 13.8 Å². The molecule has 0 aliphatic heterocycles. The second kappa shape index (κ2) is 7.41.